The van der Waals surface area contributed by atoms with E-state index in [0.717, 1.165) is 5.69 Å². The van der Waals surface area contributed by atoms with E-state index in [0.29, 0.717) is 15.9 Å². The molecular weight excluding hydrogens is 178 g/mol. The summed E-state index contributed by atoms with van der Waals surface area (Å²) in [5.74, 6) is 0. The van der Waals surface area contributed by atoms with Gasteiger partial charge in [-0.05, 0) is 6.92 Å². The SMILES string of the molecule is Cc1[nH]c(Cl)c2cn[nH]c(=O)c12. The first-order valence-corrected chi connectivity index (χ1v) is 3.79. The fourth-order valence-corrected chi connectivity index (χ4v) is 1.52. The molecular formula is C7H6ClN3O. The van der Waals surface area contributed by atoms with Gasteiger partial charge < -0.3 is 4.98 Å². The van der Waals surface area contributed by atoms with E-state index in [1.807, 2.05) is 0 Å². The summed E-state index contributed by atoms with van der Waals surface area (Å²) in [6.45, 7) is 1.80. The van der Waals surface area contributed by atoms with E-state index in [9.17, 15) is 4.79 Å². The number of aromatic nitrogens is 3. The number of fused-ring (bicyclic) bond motifs is 1. The molecule has 0 radical (unpaired) electrons. The van der Waals surface area contributed by atoms with Gasteiger partial charge in [0.1, 0.15) is 5.15 Å². The zero-order valence-corrected chi connectivity index (χ0v) is 7.07. The minimum absolute atomic E-state index is 0.215. The maximum absolute atomic E-state index is 11.2. The number of hydrogen-bond acceptors (Lipinski definition) is 2. The molecule has 2 aromatic rings. The number of nitrogens with zero attached hydrogens (tertiary/aromatic N) is 1. The van der Waals surface area contributed by atoms with Crippen LogP contribution in [0.1, 0.15) is 5.69 Å². The van der Waals surface area contributed by atoms with E-state index in [4.69, 9.17) is 11.6 Å². The monoisotopic (exact) mass is 183 g/mol. The van der Waals surface area contributed by atoms with Gasteiger partial charge in [-0.1, -0.05) is 11.6 Å². The van der Waals surface area contributed by atoms with E-state index in [-0.39, 0.29) is 5.56 Å². The van der Waals surface area contributed by atoms with Gasteiger partial charge in [-0.25, -0.2) is 5.10 Å². The molecule has 0 saturated heterocycles. The predicted molar refractivity (Wildman–Crippen MR) is 46.5 cm³/mol. The summed E-state index contributed by atoms with van der Waals surface area (Å²) in [6.07, 6.45) is 1.53. The van der Waals surface area contributed by atoms with Crippen molar-refractivity contribution < 1.29 is 0 Å². The molecule has 0 fully saturated rings. The van der Waals surface area contributed by atoms with Gasteiger partial charge in [-0.3, -0.25) is 4.79 Å². The third kappa shape index (κ3) is 0.848. The molecule has 5 heteroatoms. The quantitative estimate of drug-likeness (QED) is 0.645. The minimum atomic E-state index is -0.215. The highest BCUT2D eigenvalue weighted by molar-refractivity contribution is 6.34. The van der Waals surface area contributed by atoms with Gasteiger partial charge >= 0.3 is 0 Å². The summed E-state index contributed by atoms with van der Waals surface area (Å²) >= 11 is 5.80. The topological polar surface area (TPSA) is 61.5 Å². The highest BCUT2D eigenvalue weighted by Gasteiger charge is 2.08. The van der Waals surface area contributed by atoms with Crippen LogP contribution in [0.3, 0.4) is 0 Å². The van der Waals surface area contributed by atoms with Gasteiger partial charge in [0, 0.05) is 11.1 Å². The van der Waals surface area contributed by atoms with Crippen LogP contribution in [-0.4, -0.2) is 15.2 Å². The number of rotatable bonds is 0. The lowest BCUT2D eigenvalue weighted by Gasteiger charge is -1.86. The van der Waals surface area contributed by atoms with Crippen LogP contribution in [0.2, 0.25) is 5.15 Å². The molecule has 0 amide bonds. The van der Waals surface area contributed by atoms with Crippen molar-refractivity contribution >= 4 is 22.4 Å². The van der Waals surface area contributed by atoms with Crippen molar-refractivity contribution in [1.29, 1.82) is 0 Å². The average molecular weight is 184 g/mol. The molecule has 0 aromatic carbocycles. The number of halogens is 1. The Bertz CT molecular complexity index is 485. The highest BCUT2D eigenvalue weighted by atomic mass is 35.5. The minimum Gasteiger partial charge on any atom is -0.349 e. The van der Waals surface area contributed by atoms with Crippen molar-refractivity contribution in [3.63, 3.8) is 0 Å². The molecule has 0 bridgehead atoms. The summed E-state index contributed by atoms with van der Waals surface area (Å²) in [4.78, 5) is 14.1. The van der Waals surface area contributed by atoms with E-state index in [1.165, 1.54) is 6.20 Å². The second-order valence-corrected chi connectivity index (χ2v) is 2.93. The molecule has 62 valence electrons. The van der Waals surface area contributed by atoms with Crippen molar-refractivity contribution in [2.75, 3.05) is 0 Å². The Balaban J connectivity index is 3.09. The Kier molecular flexibility index (Phi) is 1.44. The Morgan fingerprint density at radius 2 is 2.33 bits per heavy atom. The Morgan fingerprint density at radius 3 is 3.00 bits per heavy atom. The zero-order valence-electron chi connectivity index (χ0n) is 6.31. The van der Waals surface area contributed by atoms with Gasteiger partial charge in [-0.15, -0.1) is 0 Å². The molecule has 0 aliphatic carbocycles. The van der Waals surface area contributed by atoms with Crippen LogP contribution in [0.25, 0.3) is 10.8 Å². The van der Waals surface area contributed by atoms with Crippen LogP contribution in [-0.2, 0) is 0 Å². The molecule has 0 saturated carbocycles. The molecule has 2 N–H and O–H groups in total. The van der Waals surface area contributed by atoms with Gasteiger partial charge in [0.25, 0.3) is 5.56 Å². The van der Waals surface area contributed by atoms with Crippen LogP contribution >= 0.6 is 11.6 Å². The molecule has 0 unspecified atom stereocenters. The van der Waals surface area contributed by atoms with Gasteiger partial charge in [-0.2, -0.15) is 5.10 Å². The molecule has 2 aromatic heterocycles. The summed E-state index contributed by atoms with van der Waals surface area (Å²) in [7, 11) is 0. The summed E-state index contributed by atoms with van der Waals surface area (Å²) < 4.78 is 0. The van der Waals surface area contributed by atoms with Gasteiger partial charge in [0.15, 0.2) is 0 Å². The van der Waals surface area contributed by atoms with E-state index in [2.05, 4.69) is 15.2 Å². The lowest BCUT2D eigenvalue weighted by Crippen LogP contribution is -2.06. The number of aromatic amines is 2. The Hall–Kier alpha value is -1.29. The van der Waals surface area contributed by atoms with Crippen molar-refractivity contribution in [2.24, 2.45) is 0 Å². The fraction of sp³-hybridized carbons (Fsp3) is 0.143. The summed E-state index contributed by atoms with van der Waals surface area (Å²) in [5.41, 5.74) is 0.548. The second-order valence-electron chi connectivity index (χ2n) is 2.55. The number of aryl methyl sites for hydroxylation is 1. The molecule has 2 heterocycles. The third-order valence-electron chi connectivity index (χ3n) is 1.76. The third-order valence-corrected chi connectivity index (χ3v) is 2.06. The molecule has 0 spiro atoms. The van der Waals surface area contributed by atoms with Crippen molar-refractivity contribution in [3.8, 4) is 0 Å². The van der Waals surface area contributed by atoms with Gasteiger partial charge in [0.05, 0.1) is 11.6 Å². The standard InChI is InChI=1S/C7H6ClN3O/c1-3-5-4(6(8)10-3)2-9-11-7(5)12/h2,10H,1H3,(H,11,12). The number of hydrogen-bond donors (Lipinski definition) is 2. The molecule has 12 heavy (non-hydrogen) atoms. The van der Waals surface area contributed by atoms with E-state index >= 15 is 0 Å². The van der Waals surface area contributed by atoms with Crippen LogP contribution in [0, 0.1) is 6.92 Å². The van der Waals surface area contributed by atoms with Crippen molar-refractivity contribution in [1.82, 2.24) is 15.2 Å². The first-order valence-electron chi connectivity index (χ1n) is 3.41. The number of nitrogens with one attached hydrogen (secondary N) is 2. The lowest BCUT2D eigenvalue weighted by molar-refractivity contribution is 1.01. The molecule has 0 aliphatic rings. The Morgan fingerprint density at radius 1 is 1.58 bits per heavy atom. The molecule has 0 atom stereocenters. The first kappa shape index (κ1) is 7.36. The lowest BCUT2D eigenvalue weighted by atomic mass is 10.3. The largest absolute Gasteiger partial charge is 0.349 e. The fourth-order valence-electron chi connectivity index (χ4n) is 1.23. The predicted octanol–water partition coefficient (Wildman–Crippen LogP) is 1.21. The smallest absolute Gasteiger partial charge is 0.273 e. The van der Waals surface area contributed by atoms with E-state index < -0.39 is 0 Å². The van der Waals surface area contributed by atoms with Crippen LogP contribution in [0.15, 0.2) is 11.0 Å². The summed E-state index contributed by atoms with van der Waals surface area (Å²) in [6, 6.07) is 0. The first-order chi connectivity index (χ1) is 5.70. The van der Waals surface area contributed by atoms with Crippen molar-refractivity contribution in [2.45, 2.75) is 6.92 Å². The van der Waals surface area contributed by atoms with E-state index in [1.54, 1.807) is 6.92 Å². The normalized spacial score (nSPS) is 10.8. The number of H-pyrrole nitrogens is 2. The van der Waals surface area contributed by atoms with Crippen LogP contribution in [0.5, 0.6) is 0 Å². The molecule has 2 rings (SSSR count). The highest BCUT2D eigenvalue weighted by Crippen LogP contribution is 2.21. The van der Waals surface area contributed by atoms with Crippen LogP contribution in [0.4, 0.5) is 0 Å². The average Bonchev–Trinajstić information content (AvgIpc) is 2.29. The Labute approximate surface area is 72.6 Å². The maximum atomic E-state index is 11.2. The maximum Gasteiger partial charge on any atom is 0.273 e. The van der Waals surface area contributed by atoms with Gasteiger partial charge in [0.2, 0.25) is 0 Å². The van der Waals surface area contributed by atoms with Crippen LogP contribution < -0.4 is 5.56 Å². The second kappa shape index (κ2) is 2.35. The summed E-state index contributed by atoms with van der Waals surface area (Å²) in [5, 5.41) is 7.69. The molecule has 0 aliphatic heterocycles. The molecule has 4 nitrogen and oxygen atoms in total. The zero-order chi connectivity index (χ0) is 8.72. The van der Waals surface area contributed by atoms with Crippen molar-refractivity contribution in [3.05, 3.63) is 27.4 Å².